The number of aromatic amines is 1. The highest BCUT2D eigenvalue weighted by atomic mass is 19.4. The van der Waals surface area contributed by atoms with E-state index in [0.29, 0.717) is 31.6 Å². The third-order valence-electron chi connectivity index (χ3n) is 4.27. The number of alkyl halides is 3. The zero-order chi connectivity index (χ0) is 17.2. The molecule has 1 aliphatic rings. The number of rotatable bonds is 4. The first kappa shape index (κ1) is 16.6. The minimum atomic E-state index is -4.46. The molecular weight excluding hydrogens is 323 g/mol. The van der Waals surface area contributed by atoms with Crippen molar-refractivity contribution in [3.63, 3.8) is 0 Å². The number of hydrogen-bond acceptors (Lipinski definition) is 3. The number of nitrogens with one attached hydrogen (secondary N) is 1. The van der Waals surface area contributed by atoms with E-state index in [2.05, 4.69) is 10.2 Å². The van der Waals surface area contributed by atoms with E-state index < -0.39 is 11.9 Å². The largest absolute Gasteiger partial charge is 0.469 e. The monoisotopic (exact) mass is 341 g/mol. The van der Waals surface area contributed by atoms with E-state index >= 15 is 0 Å². The molecule has 3 heterocycles. The van der Waals surface area contributed by atoms with Crippen molar-refractivity contribution >= 4 is 5.91 Å². The van der Waals surface area contributed by atoms with Crippen LogP contribution in [0.25, 0.3) is 0 Å². The topological polar surface area (TPSA) is 62.1 Å². The maximum atomic E-state index is 12.7. The molecule has 5 nitrogen and oxygen atoms in total. The van der Waals surface area contributed by atoms with Crippen LogP contribution in [-0.4, -0.2) is 34.1 Å². The molecule has 0 spiro atoms. The van der Waals surface area contributed by atoms with E-state index in [1.54, 1.807) is 17.2 Å². The van der Waals surface area contributed by atoms with Crippen LogP contribution in [-0.2, 0) is 17.4 Å². The normalized spacial score (nSPS) is 18.8. The van der Waals surface area contributed by atoms with Gasteiger partial charge in [0.15, 0.2) is 5.69 Å². The minimum absolute atomic E-state index is 0.00772. The zero-order valence-corrected chi connectivity index (χ0v) is 13.0. The van der Waals surface area contributed by atoms with Gasteiger partial charge in [0.1, 0.15) is 5.76 Å². The van der Waals surface area contributed by atoms with Crippen molar-refractivity contribution in [1.82, 2.24) is 15.1 Å². The number of hydrogen-bond donors (Lipinski definition) is 1. The van der Waals surface area contributed by atoms with E-state index in [1.807, 2.05) is 6.07 Å². The number of amides is 1. The SMILES string of the molecule is O=C(CCc1ccco1)N1CCC[C@@H](c2cc(C(F)(F)F)n[nH]2)C1. The van der Waals surface area contributed by atoms with Crippen LogP contribution in [0.3, 0.4) is 0 Å². The van der Waals surface area contributed by atoms with Gasteiger partial charge in [-0.15, -0.1) is 0 Å². The number of halogens is 3. The highest BCUT2D eigenvalue weighted by Crippen LogP contribution is 2.32. The van der Waals surface area contributed by atoms with Crippen LogP contribution < -0.4 is 0 Å². The summed E-state index contributed by atoms with van der Waals surface area (Å²) in [6.45, 7) is 1.05. The summed E-state index contributed by atoms with van der Waals surface area (Å²) in [7, 11) is 0. The first-order valence-electron chi connectivity index (χ1n) is 7.86. The van der Waals surface area contributed by atoms with Crippen molar-refractivity contribution in [2.24, 2.45) is 0 Å². The molecule has 2 aromatic heterocycles. The van der Waals surface area contributed by atoms with Gasteiger partial charge in [0.2, 0.25) is 5.91 Å². The van der Waals surface area contributed by atoms with Crippen LogP contribution >= 0.6 is 0 Å². The summed E-state index contributed by atoms with van der Waals surface area (Å²) in [6.07, 6.45) is -0.541. The van der Waals surface area contributed by atoms with Crippen molar-refractivity contribution in [2.75, 3.05) is 13.1 Å². The third kappa shape index (κ3) is 3.80. The maximum absolute atomic E-state index is 12.7. The van der Waals surface area contributed by atoms with E-state index in [-0.39, 0.29) is 11.8 Å². The number of carbonyl (C=O) groups is 1. The van der Waals surface area contributed by atoms with Gasteiger partial charge in [0, 0.05) is 37.5 Å². The molecule has 0 saturated carbocycles. The average molecular weight is 341 g/mol. The Hall–Kier alpha value is -2.25. The van der Waals surface area contributed by atoms with E-state index in [9.17, 15) is 18.0 Å². The van der Waals surface area contributed by atoms with E-state index in [1.165, 1.54) is 0 Å². The smallest absolute Gasteiger partial charge is 0.435 e. The summed E-state index contributed by atoms with van der Waals surface area (Å²) >= 11 is 0. The van der Waals surface area contributed by atoms with Crippen LogP contribution in [0.4, 0.5) is 13.2 Å². The number of nitrogens with zero attached hydrogens (tertiary/aromatic N) is 2. The van der Waals surface area contributed by atoms with Gasteiger partial charge in [-0.05, 0) is 31.0 Å². The lowest BCUT2D eigenvalue weighted by Gasteiger charge is -2.32. The van der Waals surface area contributed by atoms with Gasteiger partial charge >= 0.3 is 6.18 Å². The Morgan fingerprint density at radius 3 is 2.96 bits per heavy atom. The molecule has 1 atom stereocenters. The predicted molar refractivity (Wildman–Crippen MR) is 79.2 cm³/mol. The highest BCUT2D eigenvalue weighted by Gasteiger charge is 2.35. The average Bonchev–Trinajstić information content (AvgIpc) is 3.23. The van der Waals surface area contributed by atoms with Crippen molar-refractivity contribution in [1.29, 1.82) is 0 Å². The number of likely N-dealkylation sites (tertiary alicyclic amines) is 1. The second kappa shape index (κ2) is 6.70. The summed E-state index contributed by atoms with van der Waals surface area (Å²) in [5.74, 6) is 0.599. The molecule has 1 N–H and O–H groups in total. The minimum Gasteiger partial charge on any atom is -0.469 e. The lowest BCUT2D eigenvalue weighted by atomic mass is 9.94. The Balaban J connectivity index is 1.59. The molecule has 1 saturated heterocycles. The molecule has 8 heteroatoms. The Bertz CT molecular complexity index is 679. The summed E-state index contributed by atoms with van der Waals surface area (Å²) in [5, 5.41) is 5.81. The first-order valence-corrected chi connectivity index (χ1v) is 7.86. The summed E-state index contributed by atoms with van der Waals surface area (Å²) < 4.78 is 43.2. The van der Waals surface area contributed by atoms with Crippen molar-refractivity contribution in [3.8, 4) is 0 Å². The summed E-state index contributed by atoms with van der Waals surface area (Å²) in [4.78, 5) is 14.0. The molecule has 2 aromatic rings. The predicted octanol–water partition coefficient (Wildman–Crippen LogP) is 3.36. The molecule has 0 aliphatic carbocycles. The number of aromatic nitrogens is 2. The number of carbonyl (C=O) groups excluding carboxylic acids is 1. The number of aryl methyl sites for hydroxylation is 1. The number of furan rings is 1. The lowest BCUT2D eigenvalue weighted by Crippen LogP contribution is -2.39. The molecule has 0 bridgehead atoms. The van der Waals surface area contributed by atoms with E-state index in [0.717, 1.165) is 24.7 Å². The summed E-state index contributed by atoms with van der Waals surface area (Å²) in [5.41, 5.74) is -0.482. The molecule has 1 amide bonds. The van der Waals surface area contributed by atoms with Gasteiger partial charge in [-0.2, -0.15) is 18.3 Å². The van der Waals surface area contributed by atoms with Crippen molar-refractivity contribution in [2.45, 2.75) is 37.8 Å². The molecule has 0 unspecified atom stereocenters. The first-order chi connectivity index (χ1) is 11.4. The third-order valence-corrected chi connectivity index (χ3v) is 4.27. The van der Waals surface area contributed by atoms with Gasteiger partial charge in [0.25, 0.3) is 0 Å². The Labute approximate surface area is 136 Å². The van der Waals surface area contributed by atoms with Gasteiger partial charge < -0.3 is 9.32 Å². The second-order valence-electron chi connectivity index (χ2n) is 5.96. The quantitative estimate of drug-likeness (QED) is 0.927. The fraction of sp³-hybridized carbons (Fsp3) is 0.500. The molecule has 0 aromatic carbocycles. The molecular formula is C16H18F3N3O2. The van der Waals surface area contributed by atoms with Gasteiger partial charge in [-0.1, -0.05) is 0 Å². The lowest BCUT2D eigenvalue weighted by molar-refractivity contribution is -0.141. The Kier molecular flexibility index (Phi) is 4.64. The van der Waals surface area contributed by atoms with Crippen molar-refractivity contribution in [3.05, 3.63) is 41.6 Å². The molecule has 0 radical (unpaired) electrons. The molecule has 130 valence electrons. The maximum Gasteiger partial charge on any atom is 0.435 e. The van der Waals surface area contributed by atoms with Crippen LogP contribution in [0.15, 0.2) is 28.9 Å². The van der Waals surface area contributed by atoms with Crippen molar-refractivity contribution < 1.29 is 22.4 Å². The number of piperidine rings is 1. The fourth-order valence-electron chi connectivity index (χ4n) is 2.99. The molecule has 1 aliphatic heterocycles. The molecule has 24 heavy (non-hydrogen) atoms. The van der Waals surface area contributed by atoms with Gasteiger partial charge in [-0.3, -0.25) is 9.89 Å². The van der Waals surface area contributed by atoms with Crippen LogP contribution in [0, 0.1) is 0 Å². The van der Waals surface area contributed by atoms with Gasteiger partial charge in [0.05, 0.1) is 6.26 Å². The Morgan fingerprint density at radius 2 is 2.29 bits per heavy atom. The van der Waals surface area contributed by atoms with Crippen LogP contribution in [0.5, 0.6) is 0 Å². The zero-order valence-electron chi connectivity index (χ0n) is 13.0. The van der Waals surface area contributed by atoms with Gasteiger partial charge in [-0.25, -0.2) is 0 Å². The fourth-order valence-corrected chi connectivity index (χ4v) is 2.99. The van der Waals surface area contributed by atoms with Crippen LogP contribution in [0.1, 0.15) is 42.3 Å². The standard InChI is InChI=1S/C16H18F3N3O2/c17-16(18,19)14-9-13(20-21-14)11-3-1-7-22(10-11)15(23)6-5-12-4-2-8-24-12/h2,4,8-9,11H,1,3,5-7,10H2,(H,20,21)/t11-/m1/s1. The van der Waals surface area contributed by atoms with E-state index in [4.69, 9.17) is 4.42 Å². The van der Waals surface area contributed by atoms with Crippen LogP contribution in [0.2, 0.25) is 0 Å². The molecule has 3 rings (SSSR count). The molecule has 1 fully saturated rings. The summed E-state index contributed by atoms with van der Waals surface area (Å²) in [6, 6.07) is 4.63. The number of H-pyrrole nitrogens is 1. The Morgan fingerprint density at radius 1 is 1.46 bits per heavy atom. The second-order valence-corrected chi connectivity index (χ2v) is 5.96. The highest BCUT2D eigenvalue weighted by molar-refractivity contribution is 5.76.